The molecule has 0 bridgehead atoms. The van der Waals surface area contributed by atoms with Crippen molar-refractivity contribution in [2.75, 3.05) is 0 Å². The summed E-state index contributed by atoms with van der Waals surface area (Å²) < 4.78 is 0. The molecule has 2 atom stereocenters. The van der Waals surface area contributed by atoms with Gasteiger partial charge in [-0.15, -0.1) is 0 Å². The summed E-state index contributed by atoms with van der Waals surface area (Å²) in [5, 5.41) is -0.414. The third kappa shape index (κ3) is 2.49. The molecule has 0 fully saturated rings. The van der Waals surface area contributed by atoms with E-state index >= 15 is 0 Å². The van der Waals surface area contributed by atoms with Gasteiger partial charge in [0, 0.05) is 5.92 Å². The van der Waals surface area contributed by atoms with Gasteiger partial charge in [0.05, 0.1) is 5.25 Å². The van der Waals surface area contributed by atoms with Crippen molar-refractivity contribution >= 4 is 18.5 Å². The highest BCUT2D eigenvalue weighted by atomic mass is 32.1. The Bertz CT molecular complexity index is 286. The number of hydrogen-bond acceptors (Lipinski definition) is 2. The number of benzene rings is 1. The number of thiol groups is 1. The lowest BCUT2D eigenvalue weighted by molar-refractivity contribution is -0.117. The summed E-state index contributed by atoms with van der Waals surface area (Å²) in [7, 11) is 0. The molecule has 0 saturated carbocycles. The zero-order valence-corrected chi connectivity index (χ0v) is 8.37. The van der Waals surface area contributed by atoms with E-state index in [0.29, 0.717) is 0 Å². The molecule has 0 radical (unpaired) electrons. The maximum absolute atomic E-state index is 10.9. The first-order valence-electron chi connectivity index (χ1n) is 4.15. The van der Waals surface area contributed by atoms with E-state index < -0.39 is 5.25 Å². The molecule has 2 unspecified atom stereocenters. The second-order valence-corrected chi connectivity index (χ2v) is 3.60. The molecule has 2 N–H and O–H groups in total. The number of carbonyl (C=O) groups excluding carboxylic acids is 1. The maximum atomic E-state index is 10.9. The standard InChI is InChI=1S/C10H13NOS/c1-7(9(13)10(11)12)8-5-3-2-4-6-8/h2-7,9,13H,1H3,(H2,11,12). The van der Waals surface area contributed by atoms with Crippen LogP contribution in [0.1, 0.15) is 18.4 Å². The Balaban J connectivity index is 2.79. The Morgan fingerprint density at radius 3 is 2.38 bits per heavy atom. The summed E-state index contributed by atoms with van der Waals surface area (Å²) in [6.45, 7) is 1.94. The van der Waals surface area contributed by atoms with Crippen LogP contribution in [0.4, 0.5) is 0 Å². The normalized spacial score (nSPS) is 14.9. The van der Waals surface area contributed by atoms with E-state index in [1.54, 1.807) is 0 Å². The van der Waals surface area contributed by atoms with E-state index in [1.807, 2.05) is 37.3 Å². The van der Waals surface area contributed by atoms with E-state index in [2.05, 4.69) is 12.6 Å². The molecule has 0 spiro atoms. The van der Waals surface area contributed by atoms with Gasteiger partial charge in [0.15, 0.2) is 0 Å². The molecular formula is C10H13NOS. The summed E-state index contributed by atoms with van der Waals surface area (Å²) in [6.07, 6.45) is 0. The van der Waals surface area contributed by atoms with Gasteiger partial charge in [-0.05, 0) is 5.56 Å². The Hall–Kier alpha value is -0.960. The Morgan fingerprint density at radius 2 is 1.92 bits per heavy atom. The summed E-state index contributed by atoms with van der Waals surface area (Å²) >= 11 is 4.16. The third-order valence-electron chi connectivity index (χ3n) is 2.09. The zero-order chi connectivity index (χ0) is 9.84. The van der Waals surface area contributed by atoms with Crippen molar-refractivity contribution in [3.8, 4) is 0 Å². The average Bonchev–Trinajstić information content (AvgIpc) is 2.17. The van der Waals surface area contributed by atoms with Gasteiger partial charge in [-0.1, -0.05) is 37.3 Å². The van der Waals surface area contributed by atoms with E-state index in [9.17, 15) is 4.79 Å². The molecule has 0 saturated heterocycles. The minimum atomic E-state index is -0.414. The van der Waals surface area contributed by atoms with Crippen molar-refractivity contribution in [3.63, 3.8) is 0 Å². The molecule has 1 rings (SSSR count). The summed E-state index contributed by atoms with van der Waals surface area (Å²) in [4.78, 5) is 10.9. The Kier molecular flexibility index (Phi) is 3.37. The summed E-state index contributed by atoms with van der Waals surface area (Å²) in [5.41, 5.74) is 6.24. The molecule has 0 heterocycles. The second kappa shape index (κ2) is 4.33. The Morgan fingerprint density at radius 1 is 1.38 bits per heavy atom. The lowest BCUT2D eigenvalue weighted by Crippen LogP contribution is -2.28. The minimum absolute atomic E-state index is 0.0574. The molecule has 70 valence electrons. The molecule has 0 aliphatic carbocycles. The van der Waals surface area contributed by atoms with Crippen molar-refractivity contribution in [2.45, 2.75) is 18.1 Å². The van der Waals surface area contributed by atoms with Crippen LogP contribution in [-0.4, -0.2) is 11.2 Å². The molecule has 1 aromatic rings. The topological polar surface area (TPSA) is 43.1 Å². The maximum Gasteiger partial charge on any atom is 0.230 e. The van der Waals surface area contributed by atoms with Gasteiger partial charge in [-0.2, -0.15) is 12.6 Å². The number of primary amides is 1. The predicted molar refractivity (Wildman–Crippen MR) is 56.8 cm³/mol. The first kappa shape index (κ1) is 10.1. The van der Waals surface area contributed by atoms with Crippen LogP contribution in [0.5, 0.6) is 0 Å². The fourth-order valence-electron chi connectivity index (χ4n) is 1.19. The van der Waals surface area contributed by atoms with Crippen LogP contribution in [0.25, 0.3) is 0 Å². The van der Waals surface area contributed by atoms with Crippen LogP contribution in [0.15, 0.2) is 30.3 Å². The summed E-state index contributed by atoms with van der Waals surface area (Å²) in [5.74, 6) is -0.318. The van der Waals surface area contributed by atoms with Gasteiger partial charge < -0.3 is 5.73 Å². The van der Waals surface area contributed by atoms with Gasteiger partial charge >= 0.3 is 0 Å². The van der Waals surface area contributed by atoms with E-state index in [4.69, 9.17) is 5.73 Å². The molecule has 3 heteroatoms. The van der Waals surface area contributed by atoms with Crippen LogP contribution in [0, 0.1) is 0 Å². The molecule has 13 heavy (non-hydrogen) atoms. The minimum Gasteiger partial charge on any atom is -0.369 e. The van der Waals surface area contributed by atoms with Crippen LogP contribution in [0.2, 0.25) is 0 Å². The lowest BCUT2D eigenvalue weighted by Gasteiger charge is -2.15. The monoisotopic (exact) mass is 195 g/mol. The smallest absolute Gasteiger partial charge is 0.230 e. The average molecular weight is 195 g/mol. The molecule has 0 aromatic heterocycles. The van der Waals surface area contributed by atoms with E-state index in [-0.39, 0.29) is 11.8 Å². The highest BCUT2D eigenvalue weighted by molar-refractivity contribution is 7.81. The highest BCUT2D eigenvalue weighted by Crippen LogP contribution is 2.22. The lowest BCUT2D eigenvalue weighted by atomic mass is 9.97. The van der Waals surface area contributed by atoms with Crippen molar-refractivity contribution in [3.05, 3.63) is 35.9 Å². The molecule has 0 aliphatic rings. The highest BCUT2D eigenvalue weighted by Gasteiger charge is 2.19. The predicted octanol–water partition coefficient (Wildman–Crippen LogP) is 1.57. The fraction of sp³-hybridized carbons (Fsp3) is 0.300. The fourth-order valence-corrected chi connectivity index (χ4v) is 1.36. The van der Waals surface area contributed by atoms with Crippen LogP contribution in [0.3, 0.4) is 0 Å². The van der Waals surface area contributed by atoms with Gasteiger partial charge in [-0.3, -0.25) is 4.79 Å². The second-order valence-electron chi connectivity index (χ2n) is 3.05. The van der Waals surface area contributed by atoms with E-state index in [0.717, 1.165) is 5.56 Å². The van der Waals surface area contributed by atoms with Gasteiger partial charge in [0.25, 0.3) is 0 Å². The number of amides is 1. The summed E-state index contributed by atoms with van der Waals surface area (Å²) in [6, 6.07) is 9.75. The quantitative estimate of drug-likeness (QED) is 0.706. The SMILES string of the molecule is CC(c1ccccc1)C(S)C(N)=O. The van der Waals surface area contributed by atoms with Crippen molar-refractivity contribution in [1.82, 2.24) is 0 Å². The number of nitrogens with two attached hydrogens (primary N) is 1. The first-order chi connectivity index (χ1) is 6.13. The molecule has 1 amide bonds. The third-order valence-corrected chi connectivity index (χ3v) is 2.79. The first-order valence-corrected chi connectivity index (χ1v) is 4.67. The molecule has 0 aliphatic heterocycles. The number of rotatable bonds is 3. The van der Waals surface area contributed by atoms with Crippen molar-refractivity contribution in [1.29, 1.82) is 0 Å². The van der Waals surface area contributed by atoms with Crippen molar-refractivity contribution < 1.29 is 4.79 Å². The number of hydrogen-bond donors (Lipinski definition) is 2. The van der Waals surface area contributed by atoms with E-state index in [1.165, 1.54) is 0 Å². The van der Waals surface area contributed by atoms with Gasteiger partial charge in [0.2, 0.25) is 5.91 Å². The number of carbonyl (C=O) groups is 1. The van der Waals surface area contributed by atoms with Crippen LogP contribution in [-0.2, 0) is 4.79 Å². The van der Waals surface area contributed by atoms with Crippen LogP contribution >= 0.6 is 12.6 Å². The van der Waals surface area contributed by atoms with Gasteiger partial charge in [0.1, 0.15) is 0 Å². The molecule has 2 nitrogen and oxygen atoms in total. The zero-order valence-electron chi connectivity index (χ0n) is 7.47. The molecule has 1 aromatic carbocycles. The van der Waals surface area contributed by atoms with Crippen molar-refractivity contribution in [2.24, 2.45) is 5.73 Å². The van der Waals surface area contributed by atoms with Gasteiger partial charge in [-0.25, -0.2) is 0 Å². The Labute approximate surface area is 83.5 Å². The largest absolute Gasteiger partial charge is 0.369 e. The molecular weight excluding hydrogens is 182 g/mol. The van der Waals surface area contributed by atoms with Crippen LogP contribution < -0.4 is 5.73 Å².